The molecule has 3 heterocycles. The Morgan fingerprint density at radius 1 is 1.12 bits per heavy atom. The average Bonchev–Trinajstić information content (AvgIpc) is 2.82. The number of hydrogen-bond donors (Lipinski definition) is 0. The van der Waals surface area contributed by atoms with Gasteiger partial charge >= 0.3 is 5.97 Å². The standard InChI is InChI=1S/C25H15F2NO5/c1-2-31-25(30)16-10-28-18-8-14-13-6-4-3-5-12(13)11-32-19(14)9-20(18)33-24-21(27)17(26)7-15(22(24)28)23(16)29/h3-10H,2,11H2,1H3. The molecular weight excluding hydrogens is 432 g/mol. The van der Waals surface area contributed by atoms with E-state index in [1.54, 1.807) is 19.1 Å². The highest BCUT2D eigenvalue weighted by atomic mass is 19.2. The van der Waals surface area contributed by atoms with E-state index in [4.69, 9.17) is 14.2 Å². The van der Waals surface area contributed by atoms with E-state index < -0.39 is 28.8 Å². The molecular formula is C25H15F2NO5. The number of pyridine rings is 1. The van der Waals surface area contributed by atoms with Crippen molar-refractivity contribution >= 4 is 16.9 Å². The van der Waals surface area contributed by atoms with Crippen LogP contribution < -0.4 is 14.9 Å². The van der Waals surface area contributed by atoms with Gasteiger partial charge in [0.05, 0.1) is 17.7 Å². The summed E-state index contributed by atoms with van der Waals surface area (Å²) in [5.41, 5.74) is 2.15. The zero-order chi connectivity index (χ0) is 22.9. The van der Waals surface area contributed by atoms with Crippen LogP contribution >= 0.6 is 0 Å². The molecule has 0 saturated heterocycles. The molecule has 0 radical (unpaired) electrons. The molecule has 0 unspecified atom stereocenters. The van der Waals surface area contributed by atoms with E-state index in [0.29, 0.717) is 18.0 Å². The summed E-state index contributed by atoms with van der Waals surface area (Å²) in [6.07, 6.45) is 1.28. The van der Waals surface area contributed by atoms with Crippen molar-refractivity contribution in [3.05, 3.63) is 81.6 Å². The van der Waals surface area contributed by atoms with Crippen molar-refractivity contribution in [2.75, 3.05) is 6.61 Å². The fraction of sp³-hybridized carbons (Fsp3) is 0.120. The van der Waals surface area contributed by atoms with Gasteiger partial charge in [0.25, 0.3) is 0 Å². The first-order chi connectivity index (χ1) is 16.0. The zero-order valence-electron chi connectivity index (χ0n) is 17.3. The Hall–Kier alpha value is -4.20. The Bertz CT molecular complexity index is 1570. The lowest BCUT2D eigenvalue weighted by Gasteiger charge is -2.27. The van der Waals surface area contributed by atoms with Gasteiger partial charge in [0.1, 0.15) is 23.4 Å². The minimum Gasteiger partial charge on any atom is -0.488 e. The van der Waals surface area contributed by atoms with Gasteiger partial charge in [-0.1, -0.05) is 24.3 Å². The number of rotatable bonds is 2. The molecule has 3 aromatic carbocycles. The summed E-state index contributed by atoms with van der Waals surface area (Å²) < 4.78 is 47.2. The SMILES string of the molecule is CCOC(=O)c1cn2c3c(c(F)c(F)cc3c1=O)Oc1cc3c(cc1-2)-c1ccccc1CO3. The number of carbonyl (C=O) groups is 1. The molecule has 2 aliphatic rings. The second-order valence-corrected chi connectivity index (χ2v) is 7.72. The molecule has 0 fully saturated rings. The van der Waals surface area contributed by atoms with E-state index in [-0.39, 0.29) is 28.8 Å². The summed E-state index contributed by atoms with van der Waals surface area (Å²) >= 11 is 0. The first kappa shape index (κ1) is 19.5. The van der Waals surface area contributed by atoms with Gasteiger partial charge in [-0.25, -0.2) is 9.18 Å². The molecule has 0 N–H and O–H groups in total. The molecule has 164 valence electrons. The van der Waals surface area contributed by atoms with E-state index >= 15 is 0 Å². The van der Waals surface area contributed by atoms with Crippen LogP contribution in [0.15, 0.2) is 53.5 Å². The minimum atomic E-state index is -1.26. The monoisotopic (exact) mass is 447 g/mol. The maximum Gasteiger partial charge on any atom is 0.343 e. The number of nitrogens with zero attached hydrogens (tertiary/aromatic N) is 1. The molecule has 8 heteroatoms. The van der Waals surface area contributed by atoms with Crippen LogP contribution in [-0.4, -0.2) is 17.1 Å². The topological polar surface area (TPSA) is 66.8 Å². The minimum absolute atomic E-state index is 0.0319. The number of fused-ring (bicyclic) bond motifs is 5. The smallest absolute Gasteiger partial charge is 0.343 e. The molecule has 0 bridgehead atoms. The van der Waals surface area contributed by atoms with Crippen molar-refractivity contribution in [1.29, 1.82) is 0 Å². The molecule has 1 aromatic heterocycles. The number of aromatic nitrogens is 1. The molecule has 4 aromatic rings. The van der Waals surface area contributed by atoms with Crippen LogP contribution in [0, 0.1) is 11.6 Å². The Kier molecular flexibility index (Phi) is 4.07. The average molecular weight is 447 g/mol. The Labute approximate surface area is 185 Å². The Balaban J connectivity index is 1.70. The van der Waals surface area contributed by atoms with Crippen LogP contribution in [0.5, 0.6) is 17.2 Å². The Morgan fingerprint density at radius 3 is 2.76 bits per heavy atom. The first-order valence-electron chi connectivity index (χ1n) is 10.3. The predicted molar refractivity (Wildman–Crippen MR) is 115 cm³/mol. The number of esters is 1. The fourth-order valence-electron chi connectivity index (χ4n) is 4.36. The van der Waals surface area contributed by atoms with Gasteiger partial charge in [-0.2, -0.15) is 4.39 Å². The van der Waals surface area contributed by atoms with E-state index in [1.165, 1.54) is 10.8 Å². The maximum absolute atomic E-state index is 14.7. The van der Waals surface area contributed by atoms with Crippen molar-refractivity contribution in [1.82, 2.24) is 4.57 Å². The lowest BCUT2D eigenvalue weighted by molar-refractivity contribution is 0.0524. The summed E-state index contributed by atoms with van der Waals surface area (Å²) in [7, 11) is 0. The van der Waals surface area contributed by atoms with Crippen molar-refractivity contribution in [3.63, 3.8) is 0 Å². The highest BCUT2D eigenvalue weighted by Gasteiger charge is 2.31. The highest BCUT2D eigenvalue weighted by Crippen LogP contribution is 2.48. The number of ether oxygens (including phenoxy) is 3. The quantitative estimate of drug-likeness (QED) is 0.352. The second-order valence-electron chi connectivity index (χ2n) is 7.72. The van der Waals surface area contributed by atoms with Crippen LogP contribution in [0.4, 0.5) is 8.78 Å². The molecule has 0 atom stereocenters. The molecule has 33 heavy (non-hydrogen) atoms. The third-order valence-corrected chi connectivity index (χ3v) is 5.86. The van der Waals surface area contributed by atoms with Crippen LogP contribution in [0.1, 0.15) is 22.8 Å². The summed E-state index contributed by atoms with van der Waals surface area (Å²) in [5.74, 6) is -3.04. The molecule has 6 nitrogen and oxygen atoms in total. The number of carbonyl (C=O) groups excluding carboxylic acids is 1. The van der Waals surface area contributed by atoms with Crippen LogP contribution in [0.2, 0.25) is 0 Å². The van der Waals surface area contributed by atoms with E-state index in [9.17, 15) is 18.4 Å². The van der Waals surface area contributed by atoms with Crippen LogP contribution in [0.25, 0.3) is 27.7 Å². The molecule has 0 spiro atoms. The largest absolute Gasteiger partial charge is 0.488 e. The van der Waals surface area contributed by atoms with E-state index in [2.05, 4.69) is 0 Å². The highest BCUT2D eigenvalue weighted by molar-refractivity contribution is 5.97. The lowest BCUT2D eigenvalue weighted by Crippen LogP contribution is -2.23. The second kappa shape index (κ2) is 6.90. The predicted octanol–water partition coefficient (Wildman–Crippen LogP) is 5.11. The van der Waals surface area contributed by atoms with Gasteiger partial charge in [0.15, 0.2) is 17.3 Å². The summed E-state index contributed by atoms with van der Waals surface area (Å²) in [6, 6.07) is 11.9. The Morgan fingerprint density at radius 2 is 1.94 bits per heavy atom. The summed E-state index contributed by atoms with van der Waals surface area (Å²) in [4.78, 5) is 25.5. The van der Waals surface area contributed by atoms with Gasteiger partial charge in [-0.3, -0.25) is 4.79 Å². The van der Waals surface area contributed by atoms with Crippen LogP contribution in [-0.2, 0) is 11.3 Å². The normalized spacial score (nSPS) is 12.8. The molecule has 0 saturated carbocycles. The zero-order valence-corrected chi connectivity index (χ0v) is 17.3. The molecule has 0 amide bonds. The lowest BCUT2D eigenvalue weighted by atomic mass is 9.96. The van der Waals surface area contributed by atoms with Gasteiger partial charge in [0, 0.05) is 17.8 Å². The molecule has 2 aliphatic heterocycles. The van der Waals surface area contributed by atoms with Gasteiger partial charge in [-0.15, -0.1) is 0 Å². The van der Waals surface area contributed by atoms with Gasteiger partial charge in [-0.05, 0) is 30.2 Å². The molecule has 0 aliphatic carbocycles. The van der Waals surface area contributed by atoms with Gasteiger partial charge in [0.2, 0.25) is 11.2 Å². The summed E-state index contributed by atoms with van der Waals surface area (Å²) in [6.45, 7) is 2.03. The maximum atomic E-state index is 14.7. The van der Waals surface area contributed by atoms with Crippen LogP contribution in [0.3, 0.4) is 0 Å². The number of halogens is 2. The van der Waals surface area contributed by atoms with E-state index in [0.717, 1.165) is 22.8 Å². The molecule has 6 rings (SSSR count). The number of hydrogen-bond acceptors (Lipinski definition) is 5. The first-order valence-corrected chi connectivity index (χ1v) is 10.3. The third-order valence-electron chi connectivity index (χ3n) is 5.86. The van der Waals surface area contributed by atoms with Crippen molar-refractivity contribution in [2.24, 2.45) is 0 Å². The van der Waals surface area contributed by atoms with E-state index in [1.807, 2.05) is 24.3 Å². The third kappa shape index (κ3) is 2.70. The number of benzene rings is 3. The van der Waals surface area contributed by atoms with Crippen molar-refractivity contribution in [3.8, 4) is 34.1 Å². The van der Waals surface area contributed by atoms with Crippen molar-refractivity contribution < 1.29 is 27.8 Å². The summed E-state index contributed by atoms with van der Waals surface area (Å²) in [5, 5.41) is -0.186. The van der Waals surface area contributed by atoms with Gasteiger partial charge < -0.3 is 18.8 Å². The van der Waals surface area contributed by atoms with Crippen molar-refractivity contribution in [2.45, 2.75) is 13.5 Å². The fourth-order valence-corrected chi connectivity index (χ4v) is 4.36.